The Labute approximate surface area is 613 Å². The normalized spacial score (nSPS) is 28.5. The van der Waals surface area contributed by atoms with Crippen molar-refractivity contribution < 1.29 is 118 Å². The Hall–Kier alpha value is -10.0. The number of carboxylic acid groups (broad SMARTS) is 1. The second-order valence-corrected chi connectivity index (χ2v) is 28.0. The number of benzene rings is 5. The van der Waals surface area contributed by atoms with Crippen LogP contribution in [-0.2, 0) is 52.6 Å². The number of ether oxygens (including phenoxy) is 6. The van der Waals surface area contributed by atoms with Gasteiger partial charge < -0.3 is 128 Å². The number of hydrogen-bond acceptors (Lipinski definition) is 25. The molecule has 2 saturated heterocycles. The number of phenolic OH excluding ortho intramolecular Hbond substituents is 3. The van der Waals surface area contributed by atoms with Crippen LogP contribution in [-0.4, -0.2) is 191 Å². The maximum atomic E-state index is 16.2. The number of unbranched alkanes of at least 4 members (excludes halogenated alkanes) is 4. The third kappa shape index (κ3) is 18.0. The molecule has 11 bridgehead atoms. The molecule has 21 N–H and O–H groups in total. The summed E-state index contributed by atoms with van der Waals surface area (Å²) in [6, 6.07) is 2.33. The third-order valence-electron chi connectivity index (χ3n) is 19.3. The van der Waals surface area contributed by atoms with Gasteiger partial charge in [0.25, 0.3) is 0 Å². The summed E-state index contributed by atoms with van der Waals surface area (Å²) in [7, 11) is 1.50. The Balaban J connectivity index is 1.26. The Morgan fingerprint density at radius 1 is 0.729 bits per heavy atom. The van der Waals surface area contributed by atoms with Gasteiger partial charge in [0.2, 0.25) is 53.4 Å². The van der Waals surface area contributed by atoms with Crippen molar-refractivity contribution in [2.75, 3.05) is 13.7 Å². The summed E-state index contributed by atoms with van der Waals surface area (Å²) in [5, 5.41) is 133. The number of amides is 7. The molecule has 107 heavy (non-hydrogen) atoms. The van der Waals surface area contributed by atoms with Crippen molar-refractivity contribution in [2.24, 2.45) is 17.4 Å². The molecule has 0 spiro atoms. The minimum Gasteiger partial charge on any atom is -0.508 e. The zero-order valence-electron chi connectivity index (χ0n) is 59.3. The number of primary amides is 1. The Bertz CT molecular complexity index is 4180. The molecule has 576 valence electrons. The molecule has 0 aromatic heterocycles. The van der Waals surface area contributed by atoms with E-state index < -0.39 is 221 Å². The quantitative estimate of drug-likeness (QED) is 0.0524. The topological polar surface area (TPSA) is 530 Å². The van der Waals surface area contributed by atoms with Crippen molar-refractivity contribution in [3.8, 4) is 57.1 Å². The second kappa shape index (κ2) is 33.8. The van der Waals surface area contributed by atoms with Gasteiger partial charge in [-0.15, -0.1) is 0 Å². The highest BCUT2D eigenvalue weighted by Crippen LogP contribution is 2.49. The molecule has 5 aromatic carbocycles. The number of aliphatic hydroxyl groups excluding tert-OH is 6. The van der Waals surface area contributed by atoms with Crippen LogP contribution in [0.5, 0.6) is 46.0 Å². The predicted molar refractivity (Wildman–Crippen MR) is 377 cm³/mol. The summed E-state index contributed by atoms with van der Waals surface area (Å²) in [5.41, 5.74) is 8.72. The maximum absolute atomic E-state index is 16.2. The van der Waals surface area contributed by atoms with Gasteiger partial charge in [0.1, 0.15) is 89.5 Å². The number of allylic oxidation sites excluding steroid dienone is 1. The summed E-state index contributed by atoms with van der Waals surface area (Å²) < 4.78 is 39.2. The van der Waals surface area contributed by atoms with E-state index in [4.69, 9.17) is 39.9 Å². The SMILES string of the molecule is CCCCCCC=Cc1cc2ccc1Oc1cc3cc(c1O[C@@H]1O[C@H](CO)[C@@H](O)[C@H](O)[C@H]1O[C@H]1C[C@](C)(N)[C@H](O)[C@H](C)O1)Oc1ccc(cc1)[C@H](O)[C@H](NC(=O)[C@@H](CC(C)C)NC)C(=O)N[C@H](CC(N)=O)C(=O)N[C@@H]3C(=O)N[C@@H]1C(=O)N[C@@H](C(=O)N[C@H](C(=O)O)c3cc(O)cc(O)c3-c3cc1ccc3O)[C@H]2O. The Kier molecular flexibility index (Phi) is 25.1. The van der Waals surface area contributed by atoms with Crippen molar-refractivity contribution in [3.05, 3.63) is 124 Å². The predicted octanol–water partition coefficient (Wildman–Crippen LogP) is 1.78. The first-order valence-electron chi connectivity index (χ1n) is 35.1. The molecule has 7 amide bonds. The third-order valence-corrected chi connectivity index (χ3v) is 19.3. The number of aliphatic hydroxyl groups is 6. The van der Waals surface area contributed by atoms with Crippen molar-refractivity contribution in [2.45, 2.75) is 195 Å². The summed E-state index contributed by atoms with van der Waals surface area (Å²) in [4.78, 5) is 118. The second-order valence-electron chi connectivity index (χ2n) is 28.0. The molecule has 5 aromatic rings. The molecule has 33 heteroatoms. The van der Waals surface area contributed by atoms with E-state index >= 15 is 19.2 Å². The fourth-order valence-corrected chi connectivity index (χ4v) is 13.5. The van der Waals surface area contributed by atoms with E-state index in [1.165, 1.54) is 63.4 Å². The minimum atomic E-state index is -2.29. The van der Waals surface area contributed by atoms with Gasteiger partial charge in [0.15, 0.2) is 29.9 Å². The fraction of sp³-hybridized carbons (Fsp3) is 0.459. The number of carbonyl (C=O) groups excluding carboxylic acids is 7. The lowest BCUT2D eigenvalue weighted by atomic mass is 9.86. The number of aromatic hydroxyl groups is 3. The van der Waals surface area contributed by atoms with Crippen molar-refractivity contribution >= 4 is 53.4 Å². The number of nitrogens with one attached hydrogen (secondary N) is 7. The highest BCUT2D eigenvalue weighted by atomic mass is 16.8. The van der Waals surface area contributed by atoms with Crippen LogP contribution in [0.3, 0.4) is 0 Å². The number of carboxylic acids is 1. The van der Waals surface area contributed by atoms with E-state index in [1.807, 2.05) is 20.8 Å². The molecule has 0 saturated carbocycles. The number of hydrogen-bond donors (Lipinski definition) is 19. The zero-order valence-corrected chi connectivity index (χ0v) is 59.3. The van der Waals surface area contributed by atoms with Crippen LogP contribution in [0.15, 0.2) is 91.0 Å². The first-order chi connectivity index (χ1) is 50.8. The van der Waals surface area contributed by atoms with Crippen molar-refractivity contribution in [1.29, 1.82) is 0 Å². The highest BCUT2D eigenvalue weighted by molar-refractivity contribution is 6.00. The van der Waals surface area contributed by atoms with E-state index in [9.17, 15) is 70.2 Å². The van der Waals surface area contributed by atoms with Crippen LogP contribution >= 0.6 is 0 Å². The van der Waals surface area contributed by atoms with Crippen molar-refractivity contribution in [3.63, 3.8) is 0 Å². The van der Waals surface area contributed by atoms with Gasteiger partial charge in [-0.1, -0.05) is 76.5 Å². The van der Waals surface area contributed by atoms with Crippen LogP contribution in [0.25, 0.3) is 17.2 Å². The van der Waals surface area contributed by atoms with Gasteiger partial charge in [0, 0.05) is 40.3 Å². The van der Waals surface area contributed by atoms with Gasteiger partial charge in [-0.25, -0.2) is 4.79 Å². The molecule has 7 aliphatic heterocycles. The van der Waals surface area contributed by atoms with Gasteiger partial charge in [0.05, 0.1) is 31.3 Å². The van der Waals surface area contributed by atoms with Crippen molar-refractivity contribution in [1.82, 2.24) is 37.2 Å². The lowest BCUT2D eigenvalue weighted by Gasteiger charge is -2.47. The van der Waals surface area contributed by atoms with Crippen LogP contribution in [0.4, 0.5) is 0 Å². The maximum Gasteiger partial charge on any atom is 0.330 e. The molecule has 0 aliphatic carbocycles. The van der Waals surface area contributed by atoms with Crippen LogP contribution in [0.1, 0.15) is 150 Å². The highest BCUT2D eigenvalue weighted by Gasteiger charge is 2.51. The first-order valence-corrected chi connectivity index (χ1v) is 35.1. The molecule has 7 heterocycles. The lowest BCUT2D eigenvalue weighted by Crippen LogP contribution is -2.64. The average Bonchev–Trinajstić information content (AvgIpc) is 0.764. The molecule has 7 aliphatic rings. The van der Waals surface area contributed by atoms with E-state index in [2.05, 4.69) is 37.2 Å². The molecule has 2 fully saturated rings. The monoisotopic (exact) mass is 1490 g/mol. The van der Waals surface area contributed by atoms with Crippen LogP contribution < -0.4 is 62.9 Å². The van der Waals surface area contributed by atoms with E-state index in [0.717, 1.165) is 61.7 Å². The van der Waals surface area contributed by atoms with E-state index in [-0.39, 0.29) is 58.1 Å². The Morgan fingerprint density at radius 2 is 1.40 bits per heavy atom. The fourth-order valence-electron chi connectivity index (χ4n) is 13.5. The number of nitrogens with two attached hydrogens (primary N) is 2. The Morgan fingerprint density at radius 3 is 2.07 bits per heavy atom. The smallest absolute Gasteiger partial charge is 0.330 e. The number of rotatable bonds is 19. The summed E-state index contributed by atoms with van der Waals surface area (Å²) in [5.74, 6) is -14.7. The molecule has 33 nitrogen and oxygen atoms in total. The van der Waals surface area contributed by atoms with Gasteiger partial charge in [-0.3, -0.25) is 33.6 Å². The number of carbonyl (C=O) groups is 8. The molecule has 18 atom stereocenters. The number of likely N-dealkylation sites (N-methyl/N-ethyl adjacent to an activating group) is 1. The number of fused-ring (bicyclic) bond motifs is 15. The largest absolute Gasteiger partial charge is 0.508 e. The lowest BCUT2D eigenvalue weighted by molar-refractivity contribution is -0.333. The molecular weight excluding hydrogens is 1400 g/mol. The zero-order chi connectivity index (χ0) is 77.6. The molecular formula is C74H91N9O24. The van der Waals surface area contributed by atoms with Gasteiger partial charge >= 0.3 is 5.97 Å². The van der Waals surface area contributed by atoms with E-state index in [0.29, 0.717) is 12.8 Å². The average molecular weight is 1490 g/mol. The molecule has 12 rings (SSSR count). The number of aliphatic carboxylic acids is 1. The van der Waals surface area contributed by atoms with Gasteiger partial charge in [-0.05, 0) is 123 Å². The summed E-state index contributed by atoms with van der Waals surface area (Å²) >= 11 is 0. The van der Waals surface area contributed by atoms with Gasteiger partial charge in [-0.2, -0.15) is 0 Å². The molecule has 0 radical (unpaired) electrons. The van der Waals surface area contributed by atoms with E-state index in [1.54, 1.807) is 12.2 Å². The summed E-state index contributed by atoms with van der Waals surface area (Å²) in [6.45, 7) is 7.82. The minimum absolute atomic E-state index is 0.0314. The standard InChI is InChI=1S/C74H91N9O24/c1-7-8-9-10-11-12-13-35-23-37-17-21-47(35)104-49-26-38-25-48(63(49)107-73-64(62(92)61(91)50(31-84)105-73)106-52-30-74(5,76)65(93)33(4)102-52)103-40-18-14-34(15-19-40)59(89)57(82-66(94)43(77-6)22-32(2)3)70(98)78-44(29-51(75)88)67(95)79-55(38)69(97)80-54-36-16-20-45(86)41(24-36)53-42(27-39(85)28-46(53)87)56(72(100)101)81-71(99)58(60(37)90)83-68(54)96/h12-21,23-28,32-33,43-44,50,52,54-62,64-65,73,77,84-87,89-93H,7-11,22,29-31,76H2,1-6H3,(H2,75,88)(H,78,98)(H,79,95)(H,80,97)(H,81,99)(H,82,94)(H,83,96)(H,100,101)/t33-,43+,44+,50+,52-,54-,55-,56-,57-,58+,59-,60-,61+,62-,64+,65+,73-,74-/m0/s1. The first kappa shape index (κ1) is 79.5. The summed E-state index contributed by atoms with van der Waals surface area (Å²) in [6.07, 6.45) is -10.9. The molecule has 0 unspecified atom stereocenters. The van der Waals surface area contributed by atoms with Crippen LogP contribution in [0.2, 0.25) is 0 Å². The van der Waals surface area contributed by atoms with Crippen LogP contribution in [0, 0.1) is 5.92 Å². The number of phenols is 3.